The molecule has 1 fully saturated rings. The van der Waals surface area contributed by atoms with E-state index in [1.165, 1.54) is 21.3 Å². The molecule has 2 heterocycles. The van der Waals surface area contributed by atoms with Gasteiger partial charge in [0.15, 0.2) is 5.76 Å². The van der Waals surface area contributed by atoms with E-state index in [-0.39, 0.29) is 40.9 Å². The van der Waals surface area contributed by atoms with E-state index in [1.54, 1.807) is 13.8 Å². The van der Waals surface area contributed by atoms with Gasteiger partial charge in [0.25, 0.3) is 5.91 Å². The Morgan fingerprint density at radius 3 is 2.59 bits per heavy atom. The Morgan fingerprint density at radius 1 is 1.22 bits per heavy atom. The molecule has 27 heavy (non-hydrogen) atoms. The van der Waals surface area contributed by atoms with E-state index in [0.29, 0.717) is 18.7 Å². The lowest BCUT2D eigenvalue weighted by molar-refractivity contribution is 0.0759. The standard InChI is InChI=1S/C17H19ClFN3O4S/c1-11-16(12(2)26-20-11)27(24,25)22-7-3-6-21(8-9-22)17(23)14-5-4-13(18)10-15(14)19/h4-5,10H,3,6-9H2,1-2H3. The van der Waals surface area contributed by atoms with Gasteiger partial charge >= 0.3 is 0 Å². The predicted octanol–water partition coefficient (Wildman–Crippen LogP) is 2.62. The van der Waals surface area contributed by atoms with Gasteiger partial charge in [0, 0.05) is 31.2 Å². The number of hydrogen-bond acceptors (Lipinski definition) is 5. The van der Waals surface area contributed by atoms with Gasteiger partial charge in [-0.05, 0) is 38.5 Å². The topological polar surface area (TPSA) is 83.7 Å². The molecule has 1 aromatic heterocycles. The van der Waals surface area contributed by atoms with Crippen LogP contribution in [0.25, 0.3) is 0 Å². The minimum Gasteiger partial charge on any atom is -0.360 e. The van der Waals surface area contributed by atoms with Gasteiger partial charge in [-0.25, -0.2) is 12.8 Å². The lowest BCUT2D eigenvalue weighted by atomic mass is 10.2. The van der Waals surface area contributed by atoms with Crippen molar-refractivity contribution in [1.82, 2.24) is 14.4 Å². The molecule has 2 aromatic rings. The second-order valence-electron chi connectivity index (χ2n) is 6.33. The maximum Gasteiger partial charge on any atom is 0.256 e. The second kappa shape index (κ2) is 7.57. The molecule has 1 amide bonds. The van der Waals surface area contributed by atoms with Crippen LogP contribution in [0.5, 0.6) is 0 Å². The number of aryl methyl sites for hydroxylation is 2. The average Bonchev–Trinajstić information content (AvgIpc) is 2.81. The normalized spacial score (nSPS) is 16.4. The first-order valence-electron chi connectivity index (χ1n) is 8.39. The van der Waals surface area contributed by atoms with Crippen LogP contribution in [0.2, 0.25) is 5.02 Å². The summed E-state index contributed by atoms with van der Waals surface area (Å²) in [5.74, 6) is -0.953. The maximum absolute atomic E-state index is 14.0. The predicted molar refractivity (Wildman–Crippen MR) is 96.7 cm³/mol. The lowest BCUT2D eigenvalue weighted by Gasteiger charge is -2.22. The van der Waals surface area contributed by atoms with Crippen molar-refractivity contribution < 1.29 is 22.1 Å². The third kappa shape index (κ3) is 3.85. The number of halogens is 2. The highest BCUT2D eigenvalue weighted by atomic mass is 35.5. The first-order valence-corrected chi connectivity index (χ1v) is 10.2. The Labute approximate surface area is 161 Å². The average molecular weight is 416 g/mol. The molecule has 3 rings (SSSR count). The van der Waals surface area contributed by atoms with Gasteiger partial charge in [0.2, 0.25) is 10.0 Å². The van der Waals surface area contributed by atoms with Gasteiger partial charge in [-0.3, -0.25) is 4.79 Å². The molecule has 0 radical (unpaired) electrons. The molecule has 1 saturated heterocycles. The fourth-order valence-electron chi connectivity index (χ4n) is 3.14. The van der Waals surface area contributed by atoms with Crippen LogP contribution in [0.1, 0.15) is 28.2 Å². The van der Waals surface area contributed by atoms with E-state index in [0.717, 1.165) is 6.07 Å². The Hall–Kier alpha value is -1.97. The van der Waals surface area contributed by atoms with Gasteiger partial charge in [-0.2, -0.15) is 4.31 Å². The van der Waals surface area contributed by atoms with Gasteiger partial charge in [0.1, 0.15) is 16.4 Å². The molecule has 10 heteroatoms. The molecule has 1 aromatic carbocycles. The van der Waals surface area contributed by atoms with E-state index in [9.17, 15) is 17.6 Å². The smallest absolute Gasteiger partial charge is 0.256 e. The van der Waals surface area contributed by atoms with Gasteiger partial charge in [-0.1, -0.05) is 16.8 Å². The van der Waals surface area contributed by atoms with Crippen LogP contribution in [0.3, 0.4) is 0 Å². The molecule has 0 spiro atoms. The number of benzene rings is 1. The summed E-state index contributed by atoms with van der Waals surface area (Å²) in [6, 6.07) is 3.87. The molecule has 0 bridgehead atoms. The zero-order valence-electron chi connectivity index (χ0n) is 14.9. The summed E-state index contributed by atoms with van der Waals surface area (Å²) in [5.41, 5.74) is 0.217. The Kier molecular flexibility index (Phi) is 5.55. The second-order valence-corrected chi connectivity index (χ2v) is 8.64. The molecular formula is C17H19ClFN3O4S. The van der Waals surface area contributed by atoms with Crippen LogP contribution < -0.4 is 0 Å². The Morgan fingerprint density at radius 2 is 1.96 bits per heavy atom. The number of aromatic nitrogens is 1. The lowest BCUT2D eigenvalue weighted by Crippen LogP contribution is -2.37. The summed E-state index contributed by atoms with van der Waals surface area (Å²) >= 11 is 5.73. The molecule has 146 valence electrons. The zero-order chi connectivity index (χ0) is 19.8. The highest BCUT2D eigenvalue weighted by molar-refractivity contribution is 7.89. The van der Waals surface area contributed by atoms with Crippen molar-refractivity contribution >= 4 is 27.5 Å². The van der Waals surface area contributed by atoms with E-state index < -0.39 is 21.7 Å². The fourth-order valence-corrected chi connectivity index (χ4v) is 5.06. The van der Waals surface area contributed by atoms with Crippen LogP contribution in [0, 0.1) is 19.7 Å². The van der Waals surface area contributed by atoms with E-state index in [1.807, 2.05) is 0 Å². The number of sulfonamides is 1. The minimum atomic E-state index is -3.78. The number of carbonyl (C=O) groups excluding carboxylic acids is 1. The maximum atomic E-state index is 14.0. The molecule has 0 saturated carbocycles. The molecule has 7 nitrogen and oxygen atoms in total. The number of hydrogen-bond donors (Lipinski definition) is 0. The first-order chi connectivity index (χ1) is 12.7. The van der Waals surface area contributed by atoms with E-state index >= 15 is 0 Å². The highest BCUT2D eigenvalue weighted by Crippen LogP contribution is 2.25. The van der Waals surface area contributed by atoms with Crippen LogP contribution in [-0.4, -0.2) is 54.9 Å². The molecule has 0 aliphatic carbocycles. The Balaban J connectivity index is 1.78. The van der Waals surface area contributed by atoms with Crippen LogP contribution in [0.15, 0.2) is 27.6 Å². The summed E-state index contributed by atoms with van der Waals surface area (Å²) < 4.78 is 46.2. The highest BCUT2D eigenvalue weighted by Gasteiger charge is 2.33. The molecule has 0 N–H and O–H groups in total. The van der Waals surface area contributed by atoms with Crippen molar-refractivity contribution in [2.24, 2.45) is 0 Å². The number of carbonyl (C=O) groups is 1. The van der Waals surface area contributed by atoms with E-state index in [4.69, 9.17) is 16.1 Å². The van der Waals surface area contributed by atoms with E-state index in [2.05, 4.69) is 5.16 Å². The van der Waals surface area contributed by atoms with Gasteiger partial charge in [0.05, 0.1) is 5.56 Å². The van der Waals surface area contributed by atoms with Crippen LogP contribution in [0.4, 0.5) is 4.39 Å². The third-order valence-corrected chi connectivity index (χ3v) is 6.85. The summed E-state index contributed by atoms with van der Waals surface area (Å²) in [7, 11) is -3.78. The fraction of sp³-hybridized carbons (Fsp3) is 0.412. The zero-order valence-corrected chi connectivity index (χ0v) is 16.5. The van der Waals surface area contributed by atoms with Crippen LogP contribution in [-0.2, 0) is 10.0 Å². The van der Waals surface area contributed by atoms with Crippen LogP contribution >= 0.6 is 11.6 Å². The van der Waals surface area contributed by atoms with Crippen molar-refractivity contribution in [1.29, 1.82) is 0 Å². The first kappa shape index (κ1) is 19.8. The molecule has 1 aliphatic heterocycles. The van der Waals surface area contributed by atoms with Crippen molar-refractivity contribution in [2.75, 3.05) is 26.2 Å². The Bertz CT molecular complexity index is 957. The summed E-state index contributed by atoms with van der Waals surface area (Å²) in [6.07, 6.45) is 0.434. The van der Waals surface area contributed by atoms with Gasteiger partial charge < -0.3 is 9.42 Å². The number of rotatable bonds is 3. The summed E-state index contributed by atoms with van der Waals surface area (Å²) in [6.45, 7) is 3.95. The SMILES string of the molecule is Cc1noc(C)c1S(=O)(=O)N1CCCN(C(=O)c2ccc(Cl)cc2F)CC1. The summed E-state index contributed by atoms with van der Waals surface area (Å²) in [4.78, 5) is 14.1. The largest absolute Gasteiger partial charge is 0.360 e. The third-order valence-electron chi connectivity index (χ3n) is 4.47. The molecular weight excluding hydrogens is 397 g/mol. The number of nitrogens with zero attached hydrogens (tertiary/aromatic N) is 3. The molecule has 0 atom stereocenters. The molecule has 0 unspecified atom stereocenters. The monoisotopic (exact) mass is 415 g/mol. The van der Waals surface area contributed by atoms with Crippen molar-refractivity contribution in [3.63, 3.8) is 0 Å². The van der Waals surface area contributed by atoms with Crippen molar-refractivity contribution in [2.45, 2.75) is 25.2 Å². The molecule has 1 aliphatic rings. The number of amides is 1. The summed E-state index contributed by atoms with van der Waals surface area (Å²) in [5, 5.41) is 3.91. The van der Waals surface area contributed by atoms with Crippen molar-refractivity contribution in [3.8, 4) is 0 Å². The van der Waals surface area contributed by atoms with Gasteiger partial charge in [-0.15, -0.1) is 0 Å². The quantitative estimate of drug-likeness (QED) is 0.769. The minimum absolute atomic E-state index is 0.0611. The van der Waals surface area contributed by atoms with Crippen molar-refractivity contribution in [3.05, 3.63) is 46.1 Å².